The fourth-order valence-corrected chi connectivity index (χ4v) is 4.73. The summed E-state index contributed by atoms with van der Waals surface area (Å²) >= 11 is 1.49. The maximum Gasteiger partial charge on any atom is 0.328 e. The van der Waals surface area contributed by atoms with Gasteiger partial charge in [-0.25, -0.2) is 4.79 Å². The second-order valence-electron chi connectivity index (χ2n) is 7.69. The number of thioether (sulfide) groups is 1. The zero-order valence-electron chi connectivity index (χ0n) is 18.5. The monoisotopic (exact) mass is 471 g/mol. The first kappa shape index (κ1) is 21.7. The highest BCUT2D eigenvalue weighted by Gasteiger charge is 2.15. The van der Waals surface area contributed by atoms with Crippen molar-refractivity contribution in [2.45, 2.75) is 10.6 Å². The van der Waals surface area contributed by atoms with E-state index in [9.17, 15) is 9.59 Å². The summed E-state index contributed by atoms with van der Waals surface area (Å²) < 4.78 is 4.83. The van der Waals surface area contributed by atoms with E-state index in [1.807, 2.05) is 54.6 Å². The van der Waals surface area contributed by atoms with Crippen molar-refractivity contribution >= 4 is 34.4 Å². The molecule has 2 aromatic heterocycles. The number of fused-ring (bicyclic) bond motifs is 1. The van der Waals surface area contributed by atoms with Gasteiger partial charge in [0.2, 0.25) is 0 Å². The maximum atomic E-state index is 13.1. The second kappa shape index (κ2) is 8.99. The van der Waals surface area contributed by atoms with Crippen LogP contribution in [0, 0.1) is 0 Å². The molecule has 9 nitrogen and oxygen atoms in total. The Morgan fingerprint density at radius 2 is 1.68 bits per heavy atom. The zero-order valence-corrected chi connectivity index (χ0v) is 19.4. The lowest BCUT2D eigenvalue weighted by Crippen LogP contribution is -2.19. The number of aromatic nitrogens is 6. The van der Waals surface area contributed by atoms with Gasteiger partial charge in [0.1, 0.15) is 0 Å². The Morgan fingerprint density at radius 1 is 0.941 bits per heavy atom. The molecule has 3 aromatic carbocycles. The molecule has 0 aliphatic rings. The average Bonchev–Trinajstić information content (AvgIpc) is 3.42. The third kappa shape index (κ3) is 3.99. The van der Waals surface area contributed by atoms with Crippen molar-refractivity contribution in [3.63, 3.8) is 0 Å². The Hall–Kier alpha value is -4.18. The maximum absolute atomic E-state index is 13.1. The van der Waals surface area contributed by atoms with E-state index >= 15 is 0 Å². The number of benzene rings is 3. The lowest BCUT2D eigenvalue weighted by Gasteiger charge is -2.10. The first-order valence-corrected chi connectivity index (χ1v) is 11.5. The summed E-state index contributed by atoms with van der Waals surface area (Å²) in [6, 6.07) is 22.5. The summed E-state index contributed by atoms with van der Waals surface area (Å²) in [5.41, 5.74) is 3.48. The number of rotatable bonds is 6. The molecule has 0 spiro atoms. The highest BCUT2D eigenvalue weighted by Crippen LogP contribution is 2.27. The Kier molecular flexibility index (Phi) is 5.72. The van der Waals surface area contributed by atoms with Crippen LogP contribution < -0.4 is 11.0 Å². The van der Waals surface area contributed by atoms with Gasteiger partial charge in [0.25, 0.3) is 5.91 Å². The predicted octanol–water partition coefficient (Wildman–Crippen LogP) is 3.40. The molecule has 0 bridgehead atoms. The van der Waals surface area contributed by atoms with Gasteiger partial charge >= 0.3 is 5.69 Å². The van der Waals surface area contributed by atoms with Gasteiger partial charge in [0.15, 0.2) is 5.82 Å². The van der Waals surface area contributed by atoms with Crippen LogP contribution >= 0.6 is 11.8 Å². The molecule has 0 aliphatic heterocycles. The number of aryl methyl sites for hydroxylation is 2. The Bertz CT molecular complexity index is 1550. The lowest BCUT2D eigenvalue weighted by atomic mass is 10.2. The van der Waals surface area contributed by atoms with Crippen LogP contribution in [0.3, 0.4) is 0 Å². The van der Waals surface area contributed by atoms with Crippen LogP contribution in [0.2, 0.25) is 0 Å². The number of tetrazole rings is 1. The van der Waals surface area contributed by atoms with E-state index < -0.39 is 0 Å². The summed E-state index contributed by atoms with van der Waals surface area (Å²) in [6.07, 6.45) is 0. The van der Waals surface area contributed by atoms with Crippen LogP contribution in [-0.4, -0.2) is 35.2 Å². The first-order valence-electron chi connectivity index (χ1n) is 10.5. The number of nitrogens with one attached hydrogen (secondary N) is 1. The predicted molar refractivity (Wildman–Crippen MR) is 131 cm³/mol. The molecule has 0 atom stereocenters. The first-order chi connectivity index (χ1) is 16.5. The lowest BCUT2D eigenvalue weighted by molar-refractivity contribution is 0.102. The quantitative estimate of drug-likeness (QED) is 0.381. The standard InChI is InChI=1S/C24H21N7O2S/c1-29-19-13-12-16(14-20(19)30(2)24(29)33)25-23(32)18-10-6-7-11-21(18)34-15-22-26-27-28-31(22)17-8-4-3-5-9-17/h3-14H,15H2,1-2H3,(H,25,32). The van der Waals surface area contributed by atoms with Crippen LogP contribution in [-0.2, 0) is 19.8 Å². The molecule has 5 rings (SSSR count). The molecule has 0 fully saturated rings. The molecule has 5 aromatic rings. The van der Waals surface area contributed by atoms with Crippen LogP contribution in [0.15, 0.2) is 82.5 Å². The Morgan fingerprint density at radius 3 is 2.50 bits per heavy atom. The molecule has 2 heterocycles. The number of imidazole rings is 1. The SMILES string of the molecule is Cn1c(=O)n(C)c2cc(NC(=O)c3ccccc3SCc3nnnn3-c3ccccc3)ccc21. The van der Waals surface area contributed by atoms with E-state index in [-0.39, 0.29) is 11.6 Å². The molecule has 0 saturated carbocycles. The summed E-state index contributed by atoms with van der Waals surface area (Å²) in [4.78, 5) is 26.1. The normalized spacial score (nSPS) is 11.1. The van der Waals surface area contributed by atoms with E-state index in [0.717, 1.165) is 21.6 Å². The van der Waals surface area contributed by atoms with E-state index in [2.05, 4.69) is 20.8 Å². The number of carbonyl (C=O) groups is 1. The molecule has 0 radical (unpaired) electrons. The highest BCUT2D eigenvalue weighted by molar-refractivity contribution is 7.98. The summed E-state index contributed by atoms with van der Waals surface area (Å²) in [5, 5.41) is 15.0. The molecule has 0 unspecified atom stereocenters. The number of amides is 1. The fraction of sp³-hybridized carbons (Fsp3) is 0.125. The fourth-order valence-electron chi connectivity index (χ4n) is 3.77. The molecule has 170 valence electrons. The van der Waals surface area contributed by atoms with Gasteiger partial charge in [-0.05, 0) is 52.9 Å². The Balaban J connectivity index is 1.36. The van der Waals surface area contributed by atoms with E-state index in [1.165, 1.54) is 11.8 Å². The van der Waals surface area contributed by atoms with Crippen LogP contribution in [0.25, 0.3) is 16.7 Å². The van der Waals surface area contributed by atoms with Gasteiger partial charge in [0, 0.05) is 24.7 Å². The van der Waals surface area contributed by atoms with Crippen LogP contribution in [0.1, 0.15) is 16.2 Å². The largest absolute Gasteiger partial charge is 0.328 e. The molecular weight excluding hydrogens is 450 g/mol. The van der Waals surface area contributed by atoms with Crippen molar-refractivity contribution < 1.29 is 4.79 Å². The number of anilines is 1. The van der Waals surface area contributed by atoms with Gasteiger partial charge in [0.05, 0.1) is 28.0 Å². The number of nitrogens with zero attached hydrogens (tertiary/aromatic N) is 6. The van der Waals surface area contributed by atoms with Gasteiger partial charge in [-0.1, -0.05) is 30.3 Å². The molecule has 1 N–H and O–H groups in total. The van der Waals surface area contributed by atoms with Crippen molar-refractivity contribution in [1.29, 1.82) is 0 Å². The van der Waals surface area contributed by atoms with Gasteiger partial charge in [-0.15, -0.1) is 16.9 Å². The van der Waals surface area contributed by atoms with Crippen molar-refractivity contribution in [2.24, 2.45) is 14.1 Å². The average molecular weight is 472 g/mol. The summed E-state index contributed by atoms with van der Waals surface area (Å²) in [6.45, 7) is 0. The number of hydrogen-bond donors (Lipinski definition) is 1. The smallest absolute Gasteiger partial charge is 0.322 e. The van der Waals surface area contributed by atoms with E-state index in [4.69, 9.17) is 0 Å². The van der Waals surface area contributed by atoms with Crippen LogP contribution in [0.5, 0.6) is 0 Å². The van der Waals surface area contributed by atoms with Crippen LogP contribution in [0.4, 0.5) is 5.69 Å². The Labute approximate surface area is 199 Å². The molecular formula is C24H21N7O2S. The third-order valence-electron chi connectivity index (χ3n) is 5.55. The van der Waals surface area contributed by atoms with Gasteiger partial charge in [-0.2, -0.15) is 4.68 Å². The van der Waals surface area contributed by atoms with E-state index in [0.29, 0.717) is 22.8 Å². The minimum absolute atomic E-state index is 0.113. The van der Waals surface area contributed by atoms with E-state index in [1.54, 1.807) is 46.1 Å². The zero-order chi connectivity index (χ0) is 23.7. The molecule has 0 aliphatic carbocycles. The van der Waals surface area contributed by atoms with Crippen molar-refractivity contribution in [3.05, 3.63) is 94.7 Å². The number of hydrogen-bond acceptors (Lipinski definition) is 6. The topological polar surface area (TPSA) is 99.6 Å². The van der Waals surface area contributed by atoms with Crippen molar-refractivity contribution in [3.8, 4) is 5.69 Å². The van der Waals surface area contributed by atoms with Crippen molar-refractivity contribution in [1.82, 2.24) is 29.3 Å². The third-order valence-corrected chi connectivity index (χ3v) is 6.62. The minimum Gasteiger partial charge on any atom is -0.322 e. The second-order valence-corrected chi connectivity index (χ2v) is 8.70. The highest BCUT2D eigenvalue weighted by atomic mass is 32.2. The summed E-state index contributed by atoms with van der Waals surface area (Å²) in [5.74, 6) is 0.942. The molecule has 1 amide bonds. The van der Waals surface area contributed by atoms with Gasteiger partial charge < -0.3 is 5.32 Å². The summed E-state index contributed by atoms with van der Waals surface area (Å²) in [7, 11) is 3.44. The number of carbonyl (C=O) groups excluding carboxylic acids is 1. The molecule has 10 heteroatoms. The molecule has 0 saturated heterocycles. The minimum atomic E-state index is -0.231. The number of para-hydroxylation sites is 1. The van der Waals surface area contributed by atoms with Crippen molar-refractivity contribution in [2.75, 3.05) is 5.32 Å². The molecule has 34 heavy (non-hydrogen) atoms. The van der Waals surface area contributed by atoms with Gasteiger partial charge in [-0.3, -0.25) is 13.9 Å².